The van der Waals surface area contributed by atoms with E-state index in [-0.39, 0.29) is 30.2 Å². The monoisotopic (exact) mass is 393 g/mol. The number of carbonyl (C=O) groups excluding carboxylic acids is 4. The molecule has 0 saturated heterocycles. The van der Waals surface area contributed by atoms with E-state index in [4.69, 9.17) is 4.74 Å². The van der Waals surface area contributed by atoms with Crippen LogP contribution in [0.4, 0.5) is 11.4 Å². The topological polar surface area (TPSA) is 105 Å². The highest BCUT2D eigenvalue weighted by molar-refractivity contribution is 6.38. The van der Waals surface area contributed by atoms with Gasteiger partial charge in [0.1, 0.15) is 5.71 Å². The van der Waals surface area contributed by atoms with Crippen LogP contribution in [0.1, 0.15) is 30.1 Å². The second-order valence-electron chi connectivity index (χ2n) is 6.31. The van der Waals surface area contributed by atoms with Crippen LogP contribution < -0.4 is 10.3 Å². The Morgan fingerprint density at radius 1 is 1.03 bits per heavy atom. The molecule has 0 atom stereocenters. The van der Waals surface area contributed by atoms with Crippen molar-refractivity contribution < 1.29 is 23.9 Å². The van der Waals surface area contributed by atoms with Gasteiger partial charge in [-0.15, -0.1) is 0 Å². The van der Waals surface area contributed by atoms with Crippen LogP contribution in [0, 0.1) is 0 Å². The van der Waals surface area contributed by atoms with Gasteiger partial charge in [0.2, 0.25) is 5.91 Å². The second-order valence-corrected chi connectivity index (χ2v) is 6.31. The minimum absolute atomic E-state index is 0.0605. The third kappa shape index (κ3) is 4.92. The average molecular weight is 393 g/mol. The van der Waals surface area contributed by atoms with E-state index >= 15 is 0 Å². The highest BCUT2D eigenvalue weighted by atomic mass is 16.5. The molecule has 1 aliphatic heterocycles. The lowest BCUT2D eigenvalue weighted by atomic mass is 10.1. The first-order valence-corrected chi connectivity index (χ1v) is 8.98. The molecule has 1 N–H and O–H groups in total. The quantitative estimate of drug-likeness (QED) is 0.600. The van der Waals surface area contributed by atoms with E-state index < -0.39 is 18.5 Å². The molecule has 2 aromatic carbocycles. The molecule has 29 heavy (non-hydrogen) atoms. The van der Waals surface area contributed by atoms with Gasteiger partial charge in [-0.3, -0.25) is 14.4 Å². The Morgan fingerprint density at radius 2 is 1.72 bits per heavy atom. The zero-order valence-electron chi connectivity index (χ0n) is 15.8. The van der Waals surface area contributed by atoms with Gasteiger partial charge in [-0.25, -0.2) is 9.80 Å². The largest absolute Gasteiger partial charge is 0.451 e. The van der Waals surface area contributed by atoms with Crippen LogP contribution in [-0.2, 0) is 19.1 Å². The number of amides is 2. The maximum Gasteiger partial charge on any atom is 0.355 e. The Kier molecular flexibility index (Phi) is 6.13. The Morgan fingerprint density at radius 3 is 2.45 bits per heavy atom. The number of ketones is 1. The van der Waals surface area contributed by atoms with Gasteiger partial charge >= 0.3 is 5.97 Å². The highest BCUT2D eigenvalue weighted by Gasteiger charge is 2.26. The van der Waals surface area contributed by atoms with Crippen molar-refractivity contribution in [3.05, 3.63) is 60.2 Å². The average Bonchev–Trinajstić information content (AvgIpc) is 2.73. The maximum atomic E-state index is 12.3. The van der Waals surface area contributed by atoms with Crippen LogP contribution in [-0.4, -0.2) is 35.9 Å². The fraction of sp³-hybridized carbons (Fsp3) is 0.190. The summed E-state index contributed by atoms with van der Waals surface area (Å²) in [5.41, 5.74) is 1.31. The van der Waals surface area contributed by atoms with Gasteiger partial charge in [0, 0.05) is 18.4 Å². The summed E-state index contributed by atoms with van der Waals surface area (Å²) in [6.45, 7) is 0.857. The van der Waals surface area contributed by atoms with Gasteiger partial charge in [0.25, 0.3) is 5.91 Å². The van der Waals surface area contributed by atoms with Crippen molar-refractivity contribution >= 4 is 40.7 Å². The molecule has 0 aromatic heterocycles. The SMILES string of the molecule is CC(=O)c1ccccc1NC(=O)COC(=O)C1=NN(c2ccccc2)C(=O)CC1. The molecule has 8 nitrogen and oxygen atoms in total. The number of benzene rings is 2. The maximum absolute atomic E-state index is 12.3. The zero-order chi connectivity index (χ0) is 20.8. The summed E-state index contributed by atoms with van der Waals surface area (Å²) in [6.07, 6.45) is 0.247. The van der Waals surface area contributed by atoms with Gasteiger partial charge in [0.15, 0.2) is 12.4 Å². The van der Waals surface area contributed by atoms with Crippen LogP contribution in [0.5, 0.6) is 0 Å². The number of anilines is 2. The molecule has 1 aliphatic rings. The van der Waals surface area contributed by atoms with Gasteiger partial charge in [-0.2, -0.15) is 5.10 Å². The Balaban J connectivity index is 1.62. The van der Waals surface area contributed by atoms with Gasteiger partial charge in [-0.1, -0.05) is 30.3 Å². The van der Waals surface area contributed by atoms with Crippen molar-refractivity contribution in [2.24, 2.45) is 5.10 Å². The van der Waals surface area contributed by atoms with Crippen molar-refractivity contribution in [1.29, 1.82) is 0 Å². The van der Waals surface area contributed by atoms with Crippen LogP contribution in [0.2, 0.25) is 0 Å². The number of hydrogen-bond donors (Lipinski definition) is 1. The summed E-state index contributed by atoms with van der Waals surface area (Å²) in [7, 11) is 0. The molecule has 0 unspecified atom stereocenters. The molecule has 0 bridgehead atoms. The van der Waals surface area contributed by atoms with Crippen molar-refractivity contribution in [3.8, 4) is 0 Å². The Labute approximate surface area is 167 Å². The van der Waals surface area contributed by atoms with Crippen LogP contribution in [0.25, 0.3) is 0 Å². The summed E-state index contributed by atoms with van der Waals surface area (Å²) in [6, 6.07) is 15.3. The van der Waals surface area contributed by atoms with Crippen molar-refractivity contribution in [2.75, 3.05) is 16.9 Å². The van der Waals surface area contributed by atoms with Crippen LogP contribution >= 0.6 is 0 Å². The predicted molar refractivity (Wildman–Crippen MR) is 107 cm³/mol. The van der Waals surface area contributed by atoms with E-state index in [1.54, 1.807) is 54.6 Å². The first-order chi connectivity index (χ1) is 14.0. The summed E-state index contributed by atoms with van der Waals surface area (Å²) >= 11 is 0. The minimum Gasteiger partial charge on any atom is -0.451 e. The molecule has 3 rings (SSSR count). The number of nitrogens with zero attached hydrogens (tertiary/aromatic N) is 2. The Hall–Kier alpha value is -3.81. The molecule has 2 amide bonds. The lowest BCUT2D eigenvalue weighted by Crippen LogP contribution is -2.35. The summed E-state index contributed by atoms with van der Waals surface area (Å²) in [4.78, 5) is 48.1. The number of nitrogens with one attached hydrogen (secondary N) is 1. The van der Waals surface area contributed by atoms with E-state index in [1.165, 1.54) is 6.92 Å². The predicted octanol–water partition coefficient (Wildman–Crippen LogP) is 2.55. The highest BCUT2D eigenvalue weighted by Crippen LogP contribution is 2.20. The van der Waals surface area contributed by atoms with E-state index in [9.17, 15) is 19.2 Å². The van der Waals surface area contributed by atoms with Crippen LogP contribution in [0.3, 0.4) is 0 Å². The summed E-state index contributed by atoms with van der Waals surface area (Å²) in [5, 5.41) is 7.79. The summed E-state index contributed by atoms with van der Waals surface area (Å²) in [5.74, 6) is -1.78. The number of hydrogen-bond acceptors (Lipinski definition) is 6. The van der Waals surface area contributed by atoms with Gasteiger partial charge in [0.05, 0.1) is 11.4 Å². The van der Waals surface area contributed by atoms with Crippen molar-refractivity contribution in [3.63, 3.8) is 0 Å². The third-order valence-corrected chi connectivity index (χ3v) is 4.18. The molecular weight excluding hydrogens is 374 g/mol. The first kappa shape index (κ1) is 19.9. The molecule has 0 spiro atoms. The number of carbonyl (C=O) groups is 4. The number of esters is 1. The molecule has 2 aromatic rings. The molecule has 0 radical (unpaired) electrons. The first-order valence-electron chi connectivity index (χ1n) is 8.98. The van der Waals surface area contributed by atoms with E-state index in [2.05, 4.69) is 10.4 Å². The molecule has 0 aliphatic carbocycles. The van der Waals surface area contributed by atoms with Crippen molar-refractivity contribution in [2.45, 2.75) is 19.8 Å². The summed E-state index contributed by atoms with van der Waals surface area (Å²) < 4.78 is 5.03. The van der Waals surface area contributed by atoms with E-state index in [1.807, 2.05) is 0 Å². The number of hydrazone groups is 1. The zero-order valence-corrected chi connectivity index (χ0v) is 15.8. The number of rotatable bonds is 6. The lowest BCUT2D eigenvalue weighted by molar-refractivity contribution is -0.140. The number of Topliss-reactive ketones (excluding diaryl/α,β-unsaturated/α-hetero) is 1. The minimum atomic E-state index is -0.770. The molecule has 8 heteroatoms. The van der Waals surface area contributed by atoms with Gasteiger partial charge < -0.3 is 10.1 Å². The standard InChI is InChI=1S/C21H19N3O5/c1-14(25)16-9-5-6-10-17(16)22-19(26)13-29-21(28)18-11-12-20(27)24(23-18)15-7-3-2-4-8-15/h2-10H,11-13H2,1H3,(H,22,26). The normalized spacial score (nSPS) is 13.5. The molecule has 148 valence electrons. The second kappa shape index (κ2) is 8.92. The smallest absolute Gasteiger partial charge is 0.355 e. The Bertz CT molecular complexity index is 985. The number of ether oxygens (including phenoxy) is 1. The van der Waals surface area contributed by atoms with E-state index in [0.29, 0.717) is 16.9 Å². The molecular formula is C21H19N3O5. The molecule has 0 saturated carbocycles. The lowest BCUT2D eigenvalue weighted by Gasteiger charge is -2.22. The van der Waals surface area contributed by atoms with Crippen molar-refractivity contribution in [1.82, 2.24) is 0 Å². The molecule has 0 fully saturated rings. The van der Waals surface area contributed by atoms with Gasteiger partial charge in [-0.05, 0) is 31.2 Å². The number of para-hydroxylation sites is 2. The third-order valence-electron chi connectivity index (χ3n) is 4.18. The fourth-order valence-corrected chi connectivity index (χ4v) is 2.77. The van der Waals surface area contributed by atoms with E-state index in [0.717, 1.165) is 5.01 Å². The fourth-order valence-electron chi connectivity index (χ4n) is 2.77. The molecule has 1 heterocycles. The van der Waals surface area contributed by atoms with Crippen LogP contribution in [0.15, 0.2) is 59.7 Å².